The first-order valence-corrected chi connectivity index (χ1v) is 7.13. The fourth-order valence-corrected chi connectivity index (χ4v) is 2.79. The van der Waals surface area contributed by atoms with Crippen molar-refractivity contribution < 1.29 is 0 Å². The molecule has 18 heavy (non-hydrogen) atoms. The molecule has 2 unspecified atom stereocenters. The van der Waals surface area contributed by atoms with E-state index in [4.69, 9.17) is 5.73 Å². The molecule has 100 valence electrons. The van der Waals surface area contributed by atoms with Crippen molar-refractivity contribution in [3.63, 3.8) is 0 Å². The van der Waals surface area contributed by atoms with Gasteiger partial charge in [0.1, 0.15) is 0 Å². The first-order chi connectivity index (χ1) is 8.72. The molecule has 0 aliphatic heterocycles. The highest BCUT2D eigenvalue weighted by Crippen LogP contribution is 2.30. The summed E-state index contributed by atoms with van der Waals surface area (Å²) in [6.45, 7) is 6.51. The Morgan fingerprint density at radius 2 is 2.22 bits per heavy atom. The number of likely N-dealkylation sites (N-methyl/N-ethyl adjacent to an activating group) is 1. The number of nitrogens with two attached hydrogens (primary N) is 1. The van der Waals surface area contributed by atoms with Crippen molar-refractivity contribution in [3.05, 3.63) is 30.1 Å². The van der Waals surface area contributed by atoms with E-state index in [1.807, 2.05) is 12.3 Å². The second kappa shape index (κ2) is 6.30. The zero-order valence-electron chi connectivity index (χ0n) is 11.5. The van der Waals surface area contributed by atoms with E-state index in [1.165, 1.54) is 25.8 Å². The normalized spacial score (nSPS) is 19.6. The largest absolute Gasteiger partial charge is 0.326 e. The molecule has 2 atom stereocenters. The molecule has 1 aliphatic rings. The summed E-state index contributed by atoms with van der Waals surface area (Å²) >= 11 is 0. The molecule has 0 saturated heterocycles. The quantitative estimate of drug-likeness (QED) is 0.840. The Labute approximate surface area is 110 Å². The van der Waals surface area contributed by atoms with Gasteiger partial charge in [-0.05, 0) is 44.4 Å². The van der Waals surface area contributed by atoms with Crippen molar-refractivity contribution in [2.45, 2.75) is 45.2 Å². The summed E-state index contributed by atoms with van der Waals surface area (Å²) in [5, 5.41) is 0. The highest BCUT2D eigenvalue weighted by molar-refractivity contribution is 5.11. The summed E-state index contributed by atoms with van der Waals surface area (Å²) in [5.74, 6) is 0.870. The maximum Gasteiger partial charge on any atom is 0.0670 e. The second-order valence-corrected chi connectivity index (χ2v) is 5.44. The van der Waals surface area contributed by atoms with Crippen LogP contribution in [0.5, 0.6) is 0 Å². The average Bonchev–Trinajstić information content (AvgIpc) is 2.32. The molecule has 2 rings (SSSR count). The average molecular weight is 247 g/mol. The Kier molecular flexibility index (Phi) is 4.72. The van der Waals surface area contributed by atoms with Crippen LogP contribution in [0, 0.1) is 5.92 Å². The van der Waals surface area contributed by atoms with Gasteiger partial charge in [0, 0.05) is 18.8 Å². The van der Waals surface area contributed by atoms with E-state index in [-0.39, 0.29) is 12.1 Å². The summed E-state index contributed by atoms with van der Waals surface area (Å²) in [6, 6.07) is 6.47. The van der Waals surface area contributed by atoms with Crippen LogP contribution >= 0.6 is 0 Å². The Bertz CT molecular complexity index is 346. The van der Waals surface area contributed by atoms with Gasteiger partial charge in [0.2, 0.25) is 0 Å². The monoisotopic (exact) mass is 247 g/mol. The van der Waals surface area contributed by atoms with Gasteiger partial charge in [-0.3, -0.25) is 9.88 Å². The molecule has 0 amide bonds. The smallest absolute Gasteiger partial charge is 0.0670 e. The van der Waals surface area contributed by atoms with Gasteiger partial charge in [-0.15, -0.1) is 0 Å². The van der Waals surface area contributed by atoms with Crippen molar-refractivity contribution in [3.8, 4) is 0 Å². The number of rotatable bonds is 6. The van der Waals surface area contributed by atoms with Gasteiger partial charge in [0.05, 0.1) is 11.7 Å². The SMILES string of the molecule is CCN(CC1CCC1)C(c1ccccn1)C(C)N. The van der Waals surface area contributed by atoms with Crippen LogP contribution in [-0.2, 0) is 0 Å². The third-order valence-corrected chi connectivity index (χ3v) is 4.01. The van der Waals surface area contributed by atoms with E-state index in [2.05, 4.69) is 35.9 Å². The van der Waals surface area contributed by atoms with Gasteiger partial charge < -0.3 is 5.73 Å². The standard InChI is InChI=1S/C15H25N3/c1-3-18(11-13-7-6-8-13)15(12(2)16)14-9-4-5-10-17-14/h4-5,9-10,12-13,15H,3,6-8,11,16H2,1-2H3. The molecule has 0 aromatic carbocycles. The van der Waals surface area contributed by atoms with E-state index in [0.29, 0.717) is 0 Å². The third-order valence-electron chi connectivity index (χ3n) is 4.01. The highest BCUT2D eigenvalue weighted by Gasteiger charge is 2.28. The van der Waals surface area contributed by atoms with Gasteiger partial charge in [0.15, 0.2) is 0 Å². The van der Waals surface area contributed by atoms with Crippen LogP contribution in [0.25, 0.3) is 0 Å². The van der Waals surface area contributed by atoms with Crippen LogP contribution in [0.1, 0.15) is 44.8 Å². The molecule has 3 heteroatoms. The molecule has 0 radical (unpaired) electrons. The van der Waals surface area contributed by atoms with E-state index in [0.717, 1.165) is 18.2 Å². The number of pyridine rings is 1. The first-order valence-electron chi connectivity index (χ1n) is 7.13. The van der Waals surface area contributed by atoms with Crippen LogP contribution in [0.2, 0.25) is 0 Å². The van der Waals surface area contributed by atoms with E-state index < -0.39 is 0 Å². The lowest BCUT2D eigenvalue weighted by Crippen LogP contribution is -2.43. The zero-order chi connectivity index (χ0) is 13.0. The minimum atomic E-state index is 0.111. The lowest BCUT2D eigenvalue weighted by molar-refractivity contribution is 0.123. The molecule has 1 heterocycles. The Morgan fingerprint density at radius 3 is 2.67 bits per heavy atom. The lowest BCUT2D eigenvalue weighted by atomic mass is 9.84. The van der Waals surface area contributed by atoms with Gasteiger partial charge in [-0.1, -0.05) is 19.4 Å². The van der Waals surface area contributed by atoms with E-state index in [9.17, 15) is 0 Å². The Hall–Kier alpha value is -0.930. The molecule has 1 saturated carbocycles. The summed E-state index contributed by atoms with van der Waals surface area (Å²) in [5.41, 5.74) is 7.30. The van der Waals surface area contributed by atoms with Crippen LogP contribution in [-0.4, -0.2) is 29.0 Å². The molecule has 0 bridgehead atoms. The molecule has 2 N–H and O–H groups in total. The van der Waals surface area contributed by atoms with Crippen LogP contribution in [0.15, 0.2) is 24.4 Å². The number of hydrogen-bond donors (Lipinski definition) is 1. The van der Waals surface area contributed by atoms with Crippen molar-refractivity contribution in [2.24, 2.45) is 11.7 Å². The van der Waals surface area contributed by atoms with Crippen LogP contribution in [0.4, 0.5) is 0 Å². The maximum atomic E-state index is 6.20. The topological polar surface area (TPSA) is 42.2 Å². The molecular formula is C15H25N3. The Morgan fingerprint density at radius 1 is 1.44 bits per heavy atom. The van der Waals surface area contributed by atoms with Gasteiger partial charge >= 0.3 is 0 Å². The molecule has 1 aliphatic carbocycles. The zero-order valence-corrected chi connectivity index (χ0v) is 11.5. The van der Waals surface area contributed by atoms with Crippen molar-refractivity contribution in [1.82, 2.24) is 9.88 Å². The predicted molar refractivity (Wildman–Crippen MR) is 75.2 cm³/mol. The molecule has 3 nitrogen and oxygen atoms in total. The minimum Gasteiger partial charge on any atom is -0.326 e. The third kappa shape index (κ3) is 3.09. The number of aromatic nitrogens is 1. The summed E-state index contributed by atoms with van der Waals surface area (Å²) in [6.07, 6.45) is 6.02. The van der Waals surface area contributed by atoms with Gasteiger partial charge in [-0.2, -0.15) is 0 Å². The number of hydrogen-bond acceptors (Lipinski definition) is 3. The molecule has 1 aromatic rings. The first kappa shape index (κ1) is 13.5. The van der Waals surface area contributed by atoms with E-state index >= 15 is 0 Å². The molecular weight excluding hydrogens is 222 g/mol. The van der Waals surface area contributed by atoms with Crippen LogP contribution < -0.4 is 5.73 Å². The fourth-order valence-electron chi connectivity index (χ4n) is 2.79. The van der Waals surface area contributed by atoms with Crippen molar-refractivity contribution in [2.75, 3.05) is 13.1 Å². The summed E-state index contributed by atoms with van der Waals surface area (Å²) < 4.78 is 0. The predicted octanol–water partition coefficient (Wildman–Crippen LogP) is 2.59. The molecule has 0 spiro atoms. The molecule has 1 fully saturated rings. The van der Waals surface area contributed by atoms with Crippen molar-refractivity contribution in [1.29, 1.82) is 0 Å². The Balaban J connectivity index is 2.11. The lowest BCUT2D eigenvalue weighted by Gasteiger charge is -2.38. The van der Waals surface area contributed by atoms with Gasteiger partial charge in [-0.25, -0.2) is 0 Å². The second-order valence-electron chi connectivity index (χ2n) is 5.44. The van der Waals surface area contributed by atoms with Crippen LogP contribution in [0.3, 0.4) is 0 Å². The maximum absolute atomic E-state index is 6.20. The fraction of sp³-hybridized carbons (Fsp3) is 0.667. The van der Waals surface area contributed by atoms with E-state index in [1.54, 1.807) is 0 Å². The number of nitrogens with zero attached hydrogens (tertiary/aromatic N) is 2. The van der Waals surface area contributed by atoms with Crippen molar-refractivity contribution >= 4 is 0 Å². The summed E-state index contributed by atoms with van der Waals surface area (Å²) in [7, 11) is 0. The molecule has 1 aromatic heterocycles. The summed E-state index contributed by atoms with van der Waals surface area (Å²) in [4.78, 5) is 7.00. The minimum absolute atomic E-state index is 0.111. The highest BCUT2D eigenvalue weighted by atomic mass is 15.2. The van der Waals surface area contributed by atoms with Gasteiger partial charge in [0.25, 0.3) is 0 Å².